The molecule has 7 heteroatoms. The molecule has 0 spiro atoms. The molecule has 0 aliphatic heterocycles. The molecule has 0 atom stereocenters. The third kappa shape index (κ3) is 4.66. The first-order valence-electron chi connectivity index (χ1n) is 6.53. The largest absolute Gasteiger partial charge is 0.382 e. The Bertz CT molecular complexity index is 683. The van der Waals surface area contributed by atoms with Gasteiger partial charge < -0.3 is 9.47 Å². The van der Waals surface area contributed by atoms with Crippen molar-refractivity contribution in [3.8, 4) is 0 Å². The number of para-hydroxylation sites is 1. The van der Waals surface area contributed by atoms with Gasteiger partial charge in [0.2, 0.25) is 10.0 Å². The molecule has 1 aromatic carbocycles. The molecule has 2 rings (SSSR count). The van der Waals surface area contributed by atoms with Crippen molar-refractivity contribution < 1.29 is 17.9 Å². The Labute approximate surface area is 124 Å². The number of rotatable bonds is 8. The van der Waals surface area contributed by atoms with Gasteiger partial charge in [-0.15, -0.1) is 0 Å². The van der Waals surface area contributed by atoms with E-state index in [-0.39, 0.29) is 12.4 Å². The van der Waals surface area contributed by atoms with E-state index in [1.54, 1.807) is 25.4 Å². The van der Waals surface area contributed by atoms with Crippen LogP contribution in [0.2, 0.25) is 0 Å². The Morgan fingerprint density at radius 2 is 1.95 bits per heavy atom. The normalized spacial score (nSPS) is 11.7. The number of sulfonamides is 1. The maximum atomic E-state index is 12.0. The van der Waals surface area contributed by atoms with E-state index in [1.165, 1.54) is 0 Å². The molecular weight excluding hydrogens is 292 g/mol. The third-order valence-electron chi connectivity index (χ3n) is 2.83. The summed E-state index contributed by atoms with van der Waals surface area (Å²) in [7, 11) is -1.90. The van der Waals surface area contributed by atoms with Gasteiger partial charge in [-0.3, -0.25) is 9.71 Å². The Balaban J connectivity index is 2.02. The lowest BCUT2D eigenvalue weighted by Crippen LogP contribution is -2.21. The van der Waals surface area contributed by atoms with Gasteiger partial charge in [-0.1, -0.05) is 18.2 Å². The molecular formula is C14H18N2O4S. The fourth-order valence-corrected chi connectivity index (χ4v) is 2.76. The molecule has 1 N–H and O–H groups in total. The zero-order valence-corrected chi connectivity index (χ0v) is 12.6. The molecule has 0 aliphatic carbocycles. The number of methoxy groups -OCH3 is 1. The second-order valence-corrected chi connectivity index (χ2v) is 6.25. The number of benzene rings is 1. The average Bonchev–Trinajstić information content (AvgIpc) is 2.47. The number of hydrogen-bond donors (Lipinski definition) is 1. The molecule has 6 nitrogen and oxygen atoms in total. The van der Waals surface area contributed by atoms with E-state index in [0.717, 1.165) is 5.39 Å². The van der Waals surface area contributed by atoms with Gasteiger partial charge in [-0.2, -0.15) is 0 Å². The van der Waals surface area contributed by atoms with Gasteiger partial charge >= 0.3 is 0 Å². The molecule has 21 heavy (non-hydrogen) atoms. The zero-order valence-electron chi connectivity index (χ0n) is 11.8. The van der Waals surface area contributed by atoms with E-state index in [9.17, 15) is 8.42 Å². The van der Waals surface area contributed by atoms with Crippen LogP contribution in [-0.4, -0.2) is 46.1 Å². The zero-order chi connectivity index (χ0) is 15.1. The Kier molecular flexibility index (Phi) is 5.49. The molecule has 0 amide bonds. The van der Waals surface area contributed by atoms with Crippen LogP contribution in [0.3, 0.4) is 0 Å². The monoisotopic (exact) mass is 310 g/mol. The van der Waals surface area contributed by atoms with E-state index in [0.29, 0.717) is 24.4 Å². The molecule has 114 valence electrons. The summed E-state index contributed by atoms with van der Waals surface area (Å²) in [6.07, 6.45) is 1.63. The Morgan fingerprint density at radius 1 is 1.14 bits per heavy atom. The Morgan fingerprint density at radius 3 is 2.76 bits per heavy atom. The maximum absolute atomic E-state index is 12.0. The van der Waals surface area contributed by atoms with Crippen LogP contribution < -0.4 is 4.72 Å². The fraction of sp³-hybridized carbons (Fsp3) is 0.357. The third-order valence-corrected chi connectivity index (χ3v) is 4.06. The molecule has 0 radical (unpaired) electrons. The van der Waals surface area contributed by atoms with Crippen LogP contribution >= 0.6 is 0 Å². The smallest absolute Gasteiger partial charge is 0.235 e. The van der Waals surface area contributed by atoms with Gasteiger partial charge in [0.1, 0.15) is 0 Å². The summed E-state index contributed by atoms with van der Waals surface area (Å²) in [5, 5.41) is 0.883. The van der Waals surface area contributed by atoms with Crippen LogP contribution in [0.5, 0.6) is 0 Å². The maximum Gasteiger partial charge on any atom is 0.235 e. The highest BCUT2D eigenvalue weighted by molar-refractivity contribution is 7.92. The van der Waals surface area contributed by atoms with Crippen LogP contribution in [0.4, 0.5) is 5.69 Å². The summed E-state index contributed by atoms with van der Waals surface area (Å²) in [5.41, 5.74) is 1.11. The molecule has 2 aromatic rings. The van der Waals surface area contributed by atoms with Crippen molar-refractivity contribution >= 4 is 26.6 Å². The van der Waals surface area contributed by atoms with Crippen molar-refractivity contribution in [2.75, 3.05) is 37.4 Å². The lowest BCUT2D eigenvalue weighted by atomic mass is 10.2. The quantitative estimate of drug-likeness (QED) is 0.750. The van der Waals surface area contributed by atoms with Crippen LogP contribution in [-0.2, 0) is 19.5 Å². The number of nitrogens with zero attached hydrogens (tertiary/aromatic N) is 1. The SMILES string of the molecule is COCCOCCS(=O)(=O)Nc1cccc2cccnc12. The lowest BCUT2D eigenvalue weighted by molar-refractivity contribution is 0.0785. The molecule has 0 aliphatic rings. The fourth-order valence-electron chi connectivity index (χ4n) is 1.82. The standard InChI is InChI=1S/C14H18N2O4S/c1-19-8-9-20-10-11-21(17,18)16-13-6-2-4-12-5-3-7-15-14(12)13/h2-7,16H,8-11H2,1H3. The Hall–Kier alpha value is -1.70. The molecule has 0 saturated carbocycles. The van der Waals surface area contributed by atoms with Gasteiger partial charge in [0.15, 0.2) is 0 Å². The predicted molar refractivity (Wildman–Crippen MR) is 81.8 cm³/mol. The van der Waals surface area contributed by atoms with Crippen LogP contribution in [0, 0.1) is 0 Å². The highest BCUT2D eigenvalue weighted by Crippen LogP contribution is 2.21. The topological polar surface area (TPSA) is 77.5 Å². The van der Waals surface area contributed by atoms with Crippen LogP contribution in [0.15, 0.2) is 36.5 Å². The molecule has 0 fully saturated rings. The van der Waals surface area contributed by atoms with E-state index in [2.05, 4.69) is 9.71 Å². The molecule has 1 heterocycles. The highest BCUT2D eigenvalue weighted by Gasteiger charge is 2.12. The second-order valence-electron chi connectivity index (χ2n) is 4.41. The number of nitrogens with one attached hydrogen (secondary N) is 1. The first-order chi connectivity index (χ1) is 10.1. The summed E-state index contributed by atoms with van der Waals surface area (Å²) in [4.78, 5) is 4.21. The molecule has 0 unspecified atom stereocenters. The van der Waals surface area contributed by atoms with Gasteiger partial charge in [-0.25, -0.2) is 8.42 Å². The minimum atomic E-state index is -3.47. The summed E-state index contributed by atoms with van der Waals surface area (Å²) >= 11 is 0. The number of fused-ring (bicyclic) bond motifs is 1. The van der Waals surface area contributed by atoms with E-state index in [4.69, 9.17) is 9.47 Å². The first kappa shape index (κ1) is 15.7. The van der Waals surface area contributed by atoms with Gasteiger partial charge in [0.25, 0.3) is 0 Å². The minimum Gasteiger partial charge on any atom is -0.382 e. The van der Waals surface area contributed by atoms with E-state index in [1.807, 2.05) is 18.2 Å². The van der Waals surface area contributed by atoms with Crippen LogP contribution in [0.1, 0.15) is 0 Å². The summed E-state index contributed by atoms with van der Waals surface area (Å²) in [6.45, 7) is 0.944. The second kappa shape index (κ2) is 7.35. The number of aromatic nitrogens is 1. The number of pyridine rings is 1. The van der Waals surface area contributed by atoms with Crippen molar-refractivity contribution in [1.29, 1.82) is 0 Å². The first-order valence-corrected chi connectivity index (χ1v) is 8.18. The number of hydrogen-bond acceptors (Lipinski definition) is 5. The average molecular weight is 310 g/mol. The van der Waals surface area contributed by atoms with Crippen molar-refractivity contribution in [3.63, 3.8) is 0 Å². The van der Waals surface area contributed by atoms with Gasteiger partial charge in [0, 0.05) is 18.7 Å². The minimum absolute atomic E-state index is 0.111. The summed E-state index contributed by atoms with van der Waals surface area (Å²) in [6, 6.07) is 9.06. The van der Waals surface area contributed by atoms with Crippen molar-refractivity contribution in [1.82, 2.24) is 4.98 Å². The van der Waals surface area contributed by atoms with Crippen molar-refractivity contribution in [2.45, 2.75) is 0 Å². The summed E-state index contributed by atoms with van der Waals surface area (Å²) < 4.78 is 36.6. The summed E-state index contributed by atoms with van der Waals surface area (Å²) in [5.74, 6) is -0.111. The lowest BCUT2D eigenvalue weighted by Gasteiger charge is -2.10. The highest BCUT2D eigenvalue weighted by atomic mass is 32.2. The van der Waals surface area contributed by atoms with Gasteiger partial charge in [-0.05, 0) is 12.1 Å². The molecule has 1 aromatic heterocycles. The number of ether oxygens (including phenoxy) is 2. The van der Waals surface area contributed by atoms with Crippen molar-refractivity contribution in [3.05, 3.63) is 36.5 Å². The van der Waals surface area contributed by atoms with Crippen molar-refractivity contribution in [2.24, 2.45) is 0 Å². The van der Waals surface area contributed by atoms with Crippen LogP contribution in [0.25, 0.3) is 10.9 Å². The number of anilines is 1. The predicted octanol–water partition coefficient (Wildman–Crippen LogP) is 1.64. The van der Waals surface area contributed by atoms with Gasteiger partial charge in [0.05, 0.1) is 36.8 Å². The molecule has 0 bridgehead atoms. The van der Waals surface area contributed by atoms with E-state index >= 15 is 0 Å². The molecule has 0 saturated heterocycles. The van der Waals surface area contributed by atoms with E-state index < -0.39 is 10.0 Å².